The number of nitrogens with two attached hydrogens (primary N) is 1. The Balaban J connectivity index is 0.00000162. The highest BCUT2D eigenvalue weighted by molar-refractivity contribution is 5.85. The number of halogens is 1. The quantitative estimate of drug-likeness (QED) is 0.912. The summed E-state index contributed by atoms with van der Waals surface area (Å²) in [5, 5.41) is 0. The number of hydrogen-bond donors (Lipinski definition) is 1. The first kappa shape index (κ1) is 15.3. The van der Waals surface area contributed by atoms with E-state index < -0.39 is 0 Å². The van der Waals surface area contributed by atoms with Crippen molar-refractivity contribution in [1.82, 2.24) is 4.90 Å². The third kappa shape index (κ3) is 4.84. The number of benzene rings is 1. The minimum atomic E-state index is 0. The van der Waals surface area contributed by atoms with Crippen molar-refractivity contribution in [1.29, 1.82) is 0 Å². The van der Waals surface area contributed by atoms with Crippen LogP contribution in [-0.2, 0) is 0 Å². The van der Waals surface area contributed by atoms with Crippen molar-refractivity contribution >= 4 is 12.4 Å². The predicted molar refractivity (Wildman–Crippen MR) is 77.6 cm³/mol. The van der Waals surface area contributed by atoms with Crippen LogP contribution in [0.4, 0.5) is 0 Å². The molecule has 1 unspecified atom stereocenters. The van der Waals surface area contributed by atoms with Gasteiger partial charge in [-0.3, -0.25) is 4.90 Å². The smallest absolute Gasteiger partial charge is 0.119 e. The highest BCUT2D eigenvalue weighted by atomic mass is 35.5. The van der Waals surface area contributed by atoms with Gasteiger partial charge in [-0.05, 0) is 44.0 Å². The second-order valence-corrected chi connectivity index (χ2v) is 4.87. The fourth-order valence-electron chi connectivity index (χ4n) is 2.29. The largest absolute Gasteiger partial charge is 0.492 e. The summed E-state index contributed by atoms with van der Waals surface area (Å²) >= 11 is 0. The standard InChI is InChI=1S/C14H22N2O.ClH/c1-12-4-2-6-14(10-12)17-9-8-16-7-3-5-13(15)11-16;/h2,4,6,10,13H,3,5,7-9,11,15H2,1H3;1H. The fraction of sp³-hybridized carbons (Fsp3) is 0.571. The Bertz CT molecular complexity index is 359. The molecule has 2 N–H and O–H groups in total. The summed E-state index contributed by atoms with van der Waals surface area (Å²) in [5.41, 5.74) is 7.18. The topological polar surface area (TPSA) is 38.5 Å². The Kier molecular flexibility index (Phi) is 6.47. The van der Waals surface area contributed by atoms with Crippen molar-refractivity contribution in [3.05, 3.63) is 29.8 Å². The number of ether oxygens (including phenoxy) is 1. The van der Waals surface area contributed by atoms with Crippen molar-refractivity contribution in [3.8, 4) is 5.75 Å². The Labute approximate surface area is 116 Å². The van der Waals surface area contributed by atoms with Crippen LogP contribution in [-0.4, -0.2) is 37.2 Å². The lowest BCUT2D eigenvalue weighted by molar-refractivity contribution is 0.171. The van der Waals surface area contributed by atoms with Crippen LogP contribution in [0.15, 0.2) is 24.3 Å². The van der Waals surface area contributed by atoms with Crippen LogP contribution in [0.3, 0.4) is 0 Å². The van der Waals surface area contributed by atoms with Crippen molar-refractivity contribution in [2.24, 2.45) is 5.73 Å². The summed E-state index contributed by atoms with van der Waals surface area (Å²) in [5.74, 6) is 0.964. The second kappa shape index (κ2) is 7.62. The molecular weight excluding hydrogens is 248 g/mol. The van der Waals surface area contributed by atoms with Gasteiger partial charge in [0.1, 0.15) is 12.4 Å². The fourth-order valence-corrected chi connectivity index (χ4v) is 2.29. The molecule has 102 valence electrons. The second-order valence-electron chi connectivity index (χ2n) is 4.87. The molecule has 0 amide bonds. The number of aryl methyl sites for hydroxylation is 1. The van der Waals surface area contributed by atoms with E-state index in [1.807, 2.05) is 12.1 Å². The predicted octanol–water partition coefficient (Wildman–Crippen LogP) is 2.22. The highest BCUT2D eigenvalue weighted by Crippen LogP contribution is 2.13. The normalized spacial score (nSPS) is 20.2. The maximum atomic E-state index is 5.95. The lowest BCUT2D eigenvalue weighted by Gasteiger charge is -2.30. The molecule has 3 nitrogen and oxygen atoms in total. The molecule has 4 heteroatoms. The molecule has 1 saturated heterocycles. The van der Waals surface area contributed by atoms with Gasteiger partial charge in [0.15, 0.2) is 0 Å². The van der Waals surface area contributed by atoms with Crippen molar-refractivity contribution in [3.63, 3.8) is 0 Å². The molecule has 2 rings (SSSR count). The zero-order chi connectivity index (χ0) is 12.1. The van der Waals surface area contributed by atoms with Crippen molar-refractivity contribution < 1.29 is 4.74 Å². The molecule has 0 radical (unpaired) electrons. The Morgan fingerprint density at radius 2 is 2.28 bits per heavy atom. The number of rotatable bonds is 4. The zero-order valence-electron chi connectivity index (χ0n) is 11.0. The van der Waals surface area contributed by atoms with E-state index in [-0.39, 0.29) is 12.4 Å². The number of hydrogen-bond acceptors (Lipinski definition) is 3. The molecule has 0 saturated carbocycles. The van der Waals surface area contributed by atoms with E-state index in [4.69, 9.17) is 10.5 Å². The Morgan fingerprint density at radius 1 is 1.44 bits per heavy atom. The molecule has 0 bridgehead atoms. The monoisotopic (exact) mass is 270 g/mol. The van der Waals surface area contributed by atoms with Crippen LogP contribution in [0.5, 0.6) is 5.75 Å². The number of nitrogens with zero attached hydrogens (tertiary/aromatic N) is 1. The molecule has 1 aromatic rings. The molecule has 0 aliphatic carbocycles. The highest BCUT2D eigenvalue weighted by Gasteiger charge is 2.15. The van der Waals surface area contributed by atoms with Gasteiger partial charge < -0.3 is 10.5 Å². The van der Waals surface area contributed by atoms with Crippen molar-refractivity contribution in [2.45, 2.75) is 25.8 Å². The average molecular weight is 271 g/mol. The van der Waals surface area contributed by atoms with Gasteiger partial charge in [0.25, 0.3) is 0 Å². The zero-order valence-corrected chi connectivity index (χ0v) is 11.8. The van der Waals surface area contributed by atoms with E-state index in [1.54, 1.807) is 0 Å². The van der Waals surface area contributed by atoms with E-state index in [9.17, 15) is 0 Å². The van der Waals surface area contributed by atoms with Gasteiger partial charge in [0, 0.05) is 19.1 Å². The van der Waals surface area contributed by atoms with Crippen LogP contribution in [0.2, 0.25) is 0 Å². The molecule has 1 atom stereocenters. The molecule has 1 fully saturated rings. The van der Waals surface area contributed by atoms with E-state index in [0.717, 1.165) is 38.4 Å². The first-order chi connectivity index (χ1) is 8.24. The summed E-state index contributed by atoms with van der Waals surface area (Å²) in [6, 6.07) is 8.54. The molecule has 0 aromatic heterocycles. The number of likely N-dealkylation sites (tertiary alicyclic amines) is 1. The lowest BCUT2D eigenvalue weighted by Crippen LogP contribution is -2.44. The summed E-state index contributed by atoms with van der Waals surface area (Å²) in [6.45, 7) is 5.97. The molecule has 1 aliphatic heterocycles. The van der Waals surface area contributed by atoms with E-state index in [0.29, 0.717) is 6.04 Å². The molecule has 0 spiro atoms. The van der Waals surface area contributed by atoms with Crippen LogP contribution < -0.4 is 10.5 Å². The van der Waals surface area contributed by atoms with Gasteiger partial charge in [-0.1, -0.05) is 12.1 Å². The van der Waals surface area contributed by atoms with E-state index in [1.165, 1.54) is 12.0 Å². The van der Waals surface area contributed by atoms with Crippen LogP contribution in [0, 0.1) is 6.92 Å². The first-order valence-electron chi connectivity index (χ1n) is 6.41. The maximum Gasteiger partial charge on any atom is 0.119 e. The minimum absolute atomic E-state index is 0. The first-order valence-corrected chi connectivity index (χ1v) is 6.41. The van der Waals surface area contributed by atoms with E-state index in [2.05, 4.69) is 24.0 Å². The average Bonchev–Trinajstić information content (AvgIpc) is 2.29. The molecule has 18 heavy (non-hydrogen) atoms. The summed E-state index contributed by atoms with van der Waals surface area (Å²) in [6.07, 6.45) is 2.38. The van der Waals surface area contributed by atoms with Gasteiger partial charge in [-0.2, -0.15) is 0 Å². The van der Waals surface area contributed by atoms with Gasteiger partial charge in [-0.15, -0.1) is 12.4 Å². The lowest BCUT2D eigenvalue weighted by atomic mass is 10.1. The minimum Gasteiger partial charge on any atom is -0.492 e. The van der Waals surface area contributed by atoms with Gasteiger partial charge in [-0.25, -0.2) is 0 Å². The third-order valence-electron chi connectivity index (χ3n) is 3.21. The van der Waals surface area contributed by atoms with Crippen LogP contribution in [0.1, 0.15) is 18.4 Å². The summed E-state index contributed by atoms with van der Waals surface area (Å²) in [4.78, 5) is 2.39. The van der Waals surface area contributed by atoms with Crippen LogP contribution in [0.25, 0.3) is 0 Å². The SMILES string of the molecule is Cc1cccc(OCCN2CCCC(N)C2)c1.Cl. The van der Waals surface area contributed by atoms with Gasteiger partial charge in [0.2, 0.25) is 0 Å². The molecule has 1 heterocycles. The summed E-state index contributed by atoms with van der Waals surface area (Å²) < 4.78 is 5.74. The molecule has 1 aromatic carbocycles. The summed E-state index contributed by atoms with van der Waals surface area (Å²) in [7, 11) is 0. The maximum absolute atomic E-state index is 5.95. The molecule has 1 aliphatic rings. The van der Waals surface area contributed by atoms with Gasteiger partial charge >= 0.3 is 0 Å². The molecular formula is C14H23ClN2O. The van der Waals surface area contributed by atoms with Crippen molar-refractivity contribution in [2.75, 3.05) is 26.2 Å². The van der Waals surface area contributed by atoms with Gasteiger partial charge in [0.05, 0.1) is 0 Å². The Hall–Kier alpha value is -0.770. The third-order valence-corrected chi connectivity index (χ3v) is 3.21. The van der Waals surface area contributed by atoms with E-state index >= 15 is 0 Å². The Morgan fingerprint density at radius 3 is 3.00 bits per heavy atom. The van der Waals surface area contributed by atoms with Crippen LogP contribution >= 0.6 is 12.4 Å². The number of piperidine rings is 1.